The van der Waals surface area contributed by atoms with Crippen molar-refractivity contribution in [2.24, 2.45) is 5.73 Å². The van der Waals surface area contributed by atoms with Crippen LogP contribution in [0.25, 0.3) is 0 Å². The minimum atomic E-state index is -0.0787. The van der Waals surface area contributed by atoms with Gasteiger partial charge in [-0.25, -0.2) is 0 Å². The molecule has 0 fully saturated rings. The van der Waals surface area contributed by atoms with Gasteiger partial charge in [0.2, 0.25) is 0 Å². The topological polar surface area (TPSA) is 26.0 Å². The van der Waals surface area contributed by atoms with Gasteiger partial charge in [0.25, 0.3) is 0 Å². The average molecular weight is 212 g/mol. The molecule has 2 N–H and O–H groups in total. The van der Waals surface area contributed by atoms with Crippen LogP contribution >= 0.6 is 11.6 Å². The van der Waals surface area contributed by atoms with Crippen LogP contribution in [-0.4, -0.2) is 5.54 Å². The maximum atomic E-state index is 6.24. The van der Waals surface area contributed by atoms with Crippen molar-refractivity contribution in [1.29, 1.82) is 0 Å². The second-order valence-corrected chi connectivity index (χ2v) is 4.31. The molecule has 14 heavy (non-hydrogen) atoms. The first-order chi connectivity index (χ1) is 6.59. The third kappa shape index (κ3) is 3.00. The highest BCUT2D eigenvalue weighted by molar-refractivity contribution is 6.30. The van der Waals surface area contributed by atoms with Crippen LogP contribution in [0.5, 0.6) is 0 Å². The van der Waals surface area contributed by atoms with E-state index in [2.05, 4.69) is 19.9 Å². The highest BCUT2D eigenvalue weighted by atomic mass is 35.5. The Hall–Kier alpha value is -0.530. The van der Waals surface area contributed by atoms with Gasteiger partial charge in [-0.3, -0.25) is 0 Å². The van der Waals surface area contributed by atoms with Crippen molar-refractivity contribution in [3.05, 3.63) is 34.9 Å². The Morgan fingerprint density at radius 2 is 1.93 bits per heavy atom. The van der Waals surface area contributed by atoms with Crippen molar-refractivity contribution in [2.45, 2.75) is 38.6 Å². The van der Waals surface area contributed by atoms with Gasteiger partial charge >= 0.3 is 0 Å². The van der Waals surface area contributed by atoms with Gasteiger partial charge in [-0.05, 0) is 37.0 Å². The number of hydrogen-bond donors (Lipinski definition) is 1. The van der Waals surface area contributed by atoms with E-state index in [0.29, 0.717) is 0 Å². The number of rotatable bonds is 4. The molecule has 0 unspecified atom stereocenters. The second-order valence-electron chi connectivity index (χ2n) is 3.88. The molecule has 0 aromatic heterocycles. The summed E-state index contributed by atoms with van der Waals surface area (Å²) in [5.41, 5.74) is 7.38. The molecule has 0 saturated carbocycles. The highest BCUT2D eigenvalue weighted by Crippen LogP contribution is 2.20. The van der Waals surface area contributed by atoms with Crippen LogP contribution in [0.4, 0.5) is 0 Å². The van der Waals surface area contributed by atoms with E-state index in [1.165, 1.54) is 5.56 Å². The fourth-order valence-corrected chi connectivity index (χ4v) is 1.77. The zero-order valence-corrected chi connectivity index (χ0v) is 9.64. The first-order valence-corrected chi connectivity index (χ1v) is 5.51. The molecule has 1 aromatic rings. The Balaban J connectivity index is 2.77. The predicted octanol–water partition coefficient (Wildman–Crippen LogP) is 3.40. The molecule has 1 aromatic carbocycles. The van der Waals surface area contributed by atoms with Crippen molar-refractivity contribution in [2.75, 3.05) is 0 Å². The average Bonchev–Trinajstić information content (AvgIpc) is 2.18. The number of nitrogens with two attached hydrogens (primary N) is 1. The summed E-state index contributed by atoms with van der Waals surface area (Å²) in [6.07, 6.45) is 2.90. The van der Waals surface area contributed by atoms with E-state index >= 15 is 0 Å². The molecule has 78 valence electrons. The molecule has 0 aliphatic carbocycles. The van der Waals surface area contributed by atoms with Crippen LogP contribution in [0.15, 0.2) is 24.3 Å². The Bertz CT molecular complexity index is 292. The third-order valence-electron chi connectivity index (χ3n) is 2.85. The van der Waals surface area contributed by atoms with Crippen LogP contribution in [0.3, 0.4) is 0 Å². The largest absolute Gasteiger partial charge is 0.325 e. The lowest BCUT2D eigenvalue weighted by Crippen LogP contribution is -2.40. The lowest BCUT2D eigenvalue weighted by Gasteiger charge is -2.26. The molecule has 2 heteroatoms. The summed E-state index contributed by atoms with van der Waals surface area (Å²) < 4.78 is 0. The quantitative estimate of drug-likeness (QED) is 0.812. The summed E-state index contributed by atoms with van der Waals surface area (Å²) in [7, 11) is 0. The molecule has 0 radical (unpaired) electrons. The third-order valence-corrected chi connectivity index (χ3v) is 3.09. The first kappa shape index (κ1) is 11.5. The fraction of sp³-hybridized carbons (Fsp3) is 0.500. The molecule has 0 aliphatic rings. The van der Waals surface area contributed by atoms with Crippen molar-refractivity contribution >= 4 is 11.6 Å². The Morgan fingerprint density at radius 1 is 1.29 bits per heavy atom. The van der Waals surface area contributed by atoms with Crippen molar-refractivity contribution in [1.82, 2.24) is 0 Å². The minimum Gasteiger partial charge on any atom is -0.325 e. The number of halogens is 1. The van der Waals surface area contributed by atoms with Gasteiger partial charge in [-0.15, -0.1) is 0 Å². The molecule has 0 saturated heterocycles. The molecule has 0 spiro atoms. The number of hydrogen-bond acceptors (Lipinski definition) is 1. The van der Waals surface area contributed by atoms with E-state index in [0.717, 1.165) is 24.3 Å². The summed E-state index contributed by atoms with van der Waals surface area (Å²) in [4.78, 5) is 0. The van der Waals surface area contributed by atoms with Gasteiger partial charge in [-0.1, -0.05) is 37.6 Å². The van der Waals surface area contributed by atoms with E-state index in [9.17, 15) is 0 Å². The maximum Gasteiger partial charge on any atom is 0.0408 e. The molecule has 1 nitrogen and oxygen atoms in total. The molecule has 0 bridgehead atoms. The summed E-state index contributed by atoms with van der Waals surface area (Å²) in [6.45, 7) is 4.27. The summed E-state index contributed by atoms with van der Waals surface area (Å²) in [5.74, 6) is 0. The van der Waals surface area contributed by atoms with Gasteiger partial charge in [-0.2, -0.15) is 0 Å². The normalized spacial score (nSPS) is 11.7. The van der Waals surface area contributed by atoms with Crippen molar-refractivity contribution in [3.8, 4) is 0 Å². The highest BCUT2D eigenvalue weighted by Gasteiger charge is 2.20. The molecular formula is C12H18ClN. The van der Waals surface area contributed by atoms with Gasteiger partial charge in [0.15, 0.2) is 0 Å². The Labute approximate surface area is 91.3 Å². The smallest absolute Gasteiger partial charge is 0.0408 e. The fourth-order valence-electron chi connectivity index (χ4n) is 1.55. The van der Waals surface area contributed by atoms with E-state index < -0.39 is 0 Å². The minimum absolute atomic E-state index is 0.0787. The van der Waals surface area contributed by atoms with Crippen molar-refractivity contribution < 1.29 is 0 Å². The van der Waals surface area contributed by atoms with Crippen LogP contribution < -0.4 is 5.73 Å². The lowest BCUT2D eigenvalue weighted by atomic mass is 9.87. The number of benzene rings is 1. The monoisotopic (exact) mass is 211 g/mol. The maximum absolute atomic E-state index is 6.24. The summed E-state index contributed by atoms with van der Waals surface area (Å²) >= 11 is 5.92. The first-order valence-electron chi connectivity index (χ1n) is 5.13. The van der Waals surface area contributed by atoms with E-state index in [1.807, 2.05) is 18.2 Å². The molecular weight excluding hydrogens is 194 g/mol. The van der Waals surface area contributed by atoms with Gasteiger partial charge in [0, 0.05) is 10.6 Å². The molecule has 0 aliphatic heterocycles. The van der Waals surface area contributed by atoms with E-state index in [-0.39, 0.29) is 5.54 Å². The summed E-state index contributed by atoms with van der Waals surface area (Å²) in [5, 5.41) is 0.789. The van der Waals surface area contributed by atoms with Crippen LogP contribution in [0.1, 0.15) is 32.3 Å². The molecule has 0 amide bonds. The molecule has 0 heterocycles. The SMILES string of the molecule is CCC(N)(CC)Cc1cccc(Cl)c1. The van der Waals surface area contributed by atoms with Gasteiger partial charge < -0.3 is 5.73 Å². The zero-order chi connectivity index (χ0) is 10.6. The lowest BCUT2D eigenvalue weighted by molar-refractivity contribution is 0.393. The van der Waals surface area contributed by atoms with Crippen LogP contribution in [0.2, 0.25) is 5.02 Å². The van der Waals surface area contributed by atoms with Crippen LogP contribution in [-0.2, 0) is 6.42 Å². The predicted molar refractivity (Wildman–Crippen MR) is 62.7 cm³/mol. The van der Waals surface area contributed by atoms with Gasteiger partial charge in [0.1, 0.15) is 0 Å². The molecule has 1 rings (SSSR count). The standard InChI is InChI=1S/C12H18ClN/c1-3-12(14,4-2)9-10-6-5-7-11(13)8-10/h5-8H,3-4,9,14H2,1-2H3. The molecule has 0 atom stereocenters. The van der Waals surface area contributed by atoms with E-state index in [1.54, 1.807) is 0 Å². The summed E-state index contributed by atoms with van der Waals surface area (Å²) in [6, 6.07) is 7.94. The second kappa shape index (κ2) is 4.81. The van der Waals surface area contributed by atoms with Crippen LogP contribution in [0, 0.1) is 0 Å². The van der Waals surface area contributed by atoms with Gasteiger partial charge in [0.05, 0.1) is 0 Å². The zero-order valence-electron chi connectivity index (χ0n) is 8.89. The Kier molecular flexibility index (Phi) is 3.97. The van der Waals surface area contributed by atoms with Crippen molar-refractivity contribution in [3.63, 3.8) is 0 Å². The Morgan fingerprint density at radius 3 is 2.43 bits per heavy atom. The van der Waals surface area contributed by atoms with E-state index in [4.69, 9.17) is 17.3 Å².